The van der Waals surface area contributed by atoms with Gasteiger partial charge in [-0.15, -0.1) is 0 Å². The lowest BCUT2D eigenvalue weighted by Gasteiger charge is -2.27. The third-order valence-electron chi connectivity index (χ3n) is 2.32. The topological polar surface area (TPSA) is 78.8 Å². The third kappa shape index (κ3) is 8.31. The maximum atomic E-state index is 11.7. The third-order valence-corrected chi connectivity index (χ3v) is 2.32. The molecular formula is C13H27NO4. The summed E-state index contributed by atoms with van der Waals surface area (Å²) in [5.74, 6) is 0.332. The van der Waals surface area contributed by atoms with E-state index >= 15 is 0 Å². The predicted molar refractivity (Wildman–Crippen MR) is 70.3 cm³/mol. The fourth-order valence-corrected chi connectivity index (χ4v) is 1.61. The van der Waals surface area contributed by atoms with Crippen molar-refractivity contribution in [3.63, 3.8) is 0 Å². The molecule has 0 aromatic carbocycles. The Morgan fingerprint density at radius 1 is 1.33 bits per heavy atom. The van der Waals surface area contributed by atoms with E-state index in [0.717, 1.165) is 0 Å². The molecule has 5 nitrogen and oxygen atoms in total. The van der Waals surface area contributed by atoms with Crippen LogP contribution in [0.5, 0.6) is 0 Å². The summed E-state index contributed by atoms with van der Waals surface area (Å²) in [6.07, 6.45) is -0.414. The van der Waals surface area contributed by atoms with Crippen molar-refractivity contribution in [3.8, 4) is 0 Å². The highest BCUT2D eigenvalue weighted by Crippen LogP contribution is 2.13. The summed E-state index contributed by atoms with van der Waals surface area (Å²) in [5, 5.41) is 21.4. The minimum Gasteiger partial charge on any atom is -0.444 e. The van der Waals surface area contributed by atoms with Gasteiger partial charge < -0.3 is 20.3 Å². The molecule has 108 valence electrons. The van der Waals surface area contributed by atoms with Crippen LogP contribution in [0.3, 0.4) is 0 Å². The van der Waals surface area contributed by atoms with Crippen LogP contribution in [0, 0.1) is 5.92 Å². The summed E-state index contributed by atoms with van der Waals surface area (Å²) in [5.41, 5.74) is -0.561. The number of carbonyl (C=O) groups is 1. The lowest BCUT2D eigenvalue weighted by Crippen LogP contribution is -2.46. The van der Waals surface area contributed by atoms with E-state index in [-0.39, 0.29) is 13.0 Å². The Morgan fingerprint density at radius 3 is 2.28 bits per heavy atom. The second-order valence-electron chi connectivity index (χ2n) is 5.96. The summed E-state index contributed by atoms with van der Waals surface area (Å²) in [4.78, 5) is 11.7. The van der Waals surface area contributed by atoms with Gasteiger partial charge in [-0.3, -0.25) is 0 Å². The van der Waals surface area contributed by atoms with E-state index in [0.29, 0.717) is 12.3 Å². The zero-order valence-electron chi connectivity index (χ0n) is 12.1. The predicted octanol–water partition coefficient (Wildman–Crippen LogP) is 1.67. The second kappa shape index (κ2) is 7.59. The van der Waals surface area contributed by atoms with Gasteiger partial charge in [-0.1, -0.05) is 13.8 Å². The smallest absolute Gasteiger partial charge is 0.407 e. The van der Waals surface area contributed by atoms with Crippen molar-refractivity contribution in [1.82, 2.24) is 5.32 Å². The zero-order valence-corrected chi connectivity index (χ0v) is 12.1. The van der Waals surface area contributed by atoms with E-state index in [1.807, 2.05) is 13.8 Å². The molecule has 0 saturated heterocycles. The molecule has 18 heavy (non-hydrogen) atoms. The van der Waals surface area contributed by atoms with Crippen LogP contribution in [-0.2, 0) is 4.74 Å². The number of amides is 1. The van der Waals surface area contributed by atoms with Gasteiger partial charge in [0.25, 0.3) is 0 Å². The van der Waals surface area contributed by atoms with Crippen LogP contribution in [0.2, 0.25) is 0 Å². The molecule has 3 N–H and O–H groups in total. The maximum absolute atomic E-state index is 11.7. The molecule has 0 unspecified atom stereocenters. The number of carbonyl (C=O) groups excluding carboxylic acids is 1. The summed E-state index contributed by atoms with van der Waals surface area (Å²) in [7, 11) is 0. The van der Waals surface area contributed by atoms with E-state index in [2.05, 4.69) is 5.32 Å². The van der Waals surface area contributed by atoms with Crippen molar-refractivity contribution in [2.75, 3.05) is 6.61 Å². The average molecular weight is 261 g/mol. The van der Waals surface area contributed by atoms with E-state index in [1.54, 1.807) is 20.8 Å². The van der Waals surface area contributed by atoms with E-state index in [1.165, 1.54) is 0 Å². The minimum atomic E-state index is -0.759. The lowest BCUT2D eigenvalue weighted by molar-refractivity contribution is 0.0366. The normalized spacial score (nSPS) is 15.3. The van der Waals surface area contributed by atoms with Gasteiger partial charge >= 0.3 is 6.09 Å². The second-order valence-corrected chi connectivity index (χ2v) is 5.96. The van der Waals surface area contributed by atoms with E-state index in [4.69, 9.17) is 9.84 Å². The van der Waals surface area contributed by atoms with Crippen LogP contribution in [0.25, 0.3) is 0 Å². The van der Waals surface area contributed by atoms with Crippen molar-refractivity contribution in [1.29, 1.82) is 0 Å². The van der Waals surface area contributed by atoms with Crippen LogP contribution in [-0.4, -0.2) is 40.7 Å². The number of hydrogen-bond acceptors (Lipinski definition) is 4. The number of rotatable bonds is 6. The van der Waals surface area contributed by atoms with Gasteiger partial charge in [0.2, 0.25) is 0 Å². The summed E-state index contributed by atoms with van der Waals surface area (Å²) in [6, 6.07) is -0.396. The SMILES string of the molecule is CC(C)C[C@H](NC(=O)OC(C)(C)C)[C@@H](O)CCO. The Balaban J connectivity index is 4.44. The Bertz CT molecular complexity index is 248. The van der Waals surface area contributed by atoms with Crippen molar-refractivity contribution >= 4 is 6.09 Å². The maximum Gasteiger partial charge on any atom is 0.407 e. The van der Waals surface area contributed by atoms with Gasteiger partial charge in [-0.25, -0.2) is 4.79 Å². The van der Waals surface area contributed by atoms with Crippen molar-refractivity contribution in [2.24, 2.45) is 5.92 Å². The van der Waals surface area contributed by atoms with Crippen LogP contribution in [0.1, 0.15) is 47.5 Å². The van der Waals surface area contributed by atoms with Crippen LogP contribution >= 0.6 is 0 Å². The number of aliphatic hydroxyl groups excluding tert-OH is 2. The first-order valence-electron chi connectivity index (χ1n) is 6.44. The number of alkyl carbamates (subject to hydrolysis) is 1. The van der Waals surface area contributed by atoms with E-state index < -0.39 is 23.8 Å². The van der Waals surface area contributed by atoms with Gasteiger partial charge in [0, 0.05) is 6.61 Å². The van der Waals surface area contributed by atoms with Crippen molar-refractivity contribution in [2.45, 2.75) is 65.2 Å². The highest BCUT2D eigenvalue weighted by Gasteiger charge is 2.24. The Kier molecular flexibility index (Phi) is 7.25. The Labute approximate surface area is 110 Å². The van der Waals surface area contributed by atoms with E-state index in [9.17, 15) is 9.90 Å². The molecule has 0 radical (unpaired) electrons. The molecule has 0 aliphatic rings. The monoisotopic (exact) mass is 261 g/mol. The summed E-state index contributed by atoms with van der Waals surface area (Å²) >= 11 is 0. The molecule has 0 aromatic heterocycles. The fraction of sp³-hybridized carbons (Fsp3) is 0.923. The van der Waals surface area contributed by atoms with Crippen LogP contribution in [0.4, 0.5) is 4.79 Å². The van der Waals surface area contributed by atoms with Crippen molar-refractivity contribution in [3.05, 3.63) is 0 Å². The zero-order chi connectivity index (χ0) is 14.3. The molecule has 1 amide bonds. The molecule has 0 aliphatic carbocycles. The molecule has 0 bridgehead atoms. The summed E-state index contributed by atoms with van der Waals surface area (Å²) < 4.78 is 5.15. The Hall–Kier alpha value is -0.810. The lowest BCUT2D eigenvalue weighted by atomic mass is 9.98. The molecule has 0 spiro atoms. The number of ether oxygens (including phenoxy) is 1. The fourth-order valence-electron chi connectivity index (χ4n) is 1.61. The molecular weight excluding hydrogens is 234 g/mol. The quantitative estimate of drug-likeness (QED) is 0.679. The van der Waals surface area contributed by atoms with Gasteiger partial charge in [-0.05, 0) is 39.5 Å². The Morgan fingerprint density at radius 2 is 1.89 bits per heavy atom. The molecule has 0 heterocycles. The van der Waals surface area contributed by atoms with Gasteiger partial charge in [0.15, 0.2) is 0 Å². The first kappa shape index (κ1) is 17.2. The standard InChI is InChI=1S/C13H27NO4/c1-9(2)8-10(11(16)6-7-15)14-12(17)18-13(3,4)5/h9-11,15-16H,6-8H2,1-5H3,(H,14,17)/t10-,11-/m0/s1. The minimum absolute atomic E-state index is 0.105. The molecule has 0 aliphatic heterocycles. The summed E-state index contributed by atoms with van der Waals surface area (Å²) in [6.45, 7) is 9.27. The molecule has 0 fully saturated rings. The number of aliphatic hydroxyl groups is 2. The van der Waals surface area contributed by atoms with Crippen molar-refractivity contribution < 1.29 is 19.7 Å². The average Bonchev–Trinajstić information content (AvgIpc) is 2.13. The van der Waals surface area contributed by atoms with Crippen LogP contribution in [0.15, 0.2) is 0 Å². The molecule has 0 rings (SSSR count). The largest absolute Gasteiger partial charge is 0.444 e. The molecule has 2 atom stereocenters. The molecule has 0 saturated carbocycles. The first-order valence-corrected chi connectivity index (χ1v) is 6.44. The van der Waals surface area contributed by atoms with Gasteiger partial charge in [-0.2, -0.15) is 0 Å². The molecule has 5 heteroatoms. The number of nitrogens with one attached hydrogen (secondary N) is 1. The highest BCUT2D eigenvalue weighted by atomic mass is 16.6. The van der Waals surface area contributed by atoms with Gasteiger partial charge in [0.05, 0.1) is 12.1 Å². The number of hydrogen-bond donors (Lipinski definition) is 3. The first-order chi connectivity index (χ1) is 8.15. The van der Waals surface area contributed by atoms with Gasteiger partial charge in [0.1, 0.15) is 5.60 Å². The highest BCUT2D eigenvalue weighted by molar-refractivity contribution is 5.68. The molecule has 0 aromatic rings. The van der Waals surface area contributed by atoms with Crippen LogP contribution < -0.4 is 5.32 Å².